The molecule has 3 rings (SSSR count). The molecule has 2 saturated heterocycles. The number of nitrogens with one attached hydrogen (secondary N) is 1. The van der Waals surface area contributed by atoms with Crippen molar-refractivity contribution in [1.82, 2.24) is 20.4 Å². The number of aromatic nitrogens is 2. The van der Waals surface area contributed by atoms with Gasteiger partial charge in [-0.3, -0.25) is 0 Å². The van der Waals surface area contributed by atoms with E-state index in [9.17, 15) is 0 Å². The summed E-state index contributed by atoms with van der Waals surface area (Å²) < 4.78 is 10.7. The van der Waals surface area contributed by atoms with Crippen LogP contribution in [0, 0.1) is 12.3 Å². The molecule has 0 bridgehead atoms. The highest BCUT2D eigenvalue weighted by Crippen LogP contribution is 2.38. The van der Waals surface area contributed by atoms with Crippen molar-refractivity contribution in [3.8, 4) is 0 Å². The predicted molar refractivity (Wildman–Crippen MR) is 77.9 cm³/mol. The molecule has 1 unspecified atom stereocenters. The maximum atomic E-state index is 5.58. The van der Waals surface area contributed by atoms with Crippen LogP contribution >= 0.6 is 0 Å². The fourth-order valence-electron chi connectivity index (χ4n) is 3.06. The summed E-state index contributed by atoms with van der Waals surface area (Å²) in [6.07, 6.45) is 2.34. The monoisotopic (exact) mass is 293 g/mol. The minimum atomic E-state index is 0.331. The minimum absolute atomic E-state index is 0.331. The highest BCUT2D eigenvalue weighted by molar-refractivity contribution is 5.80. The molecule has 0 amide bonds. The van der Waals surface area contributed by atoms with E-state index in [0.717, 1.165) is 45.2 Å². The summed E-state index contributed by atoms with van der Waals surface area (Å²) in [7, 11) is 0. The number of hydrogen-bond acceptors (Lipinski definition) is 5. The molecule has 1 spiro atoms. The van der Waals surface area contributed by atoms with Crippen LogP contribution in [0.1, 0.15) is 31.5 Å². The molecular weight excluding hydrogens is 270 g/mol. The van der Waals surface area contributed by atoms with Gasteiger partial charge in [0.1, 0.15) is 6.54 Å². The van der Waals surface area contributed by atoms with Crippen LogP contribution < -0.4 is 5.32 Å². The van der Waals surface area contributed by atoms with Crippen molar-refractivity contribution in [2.45, 2.75) is 33.2 Å². The molecule has 1 atom stereocenters. The number of aliphatic imine (C=N–C) groups is 1. The van der Waals surface area contributed by atoms with E-state index in [1.54, 1.807) is 0 Å². The lowest BCUT2D eigenvalue weighted by molar-refractivity contribution is 0.156. The molecule has 1 aromatic heterocycles. The number of nitrogens with zero attached hydrogens (tertiary/aromatic N) is 4. The van der Waals surface area contributed by atoms with E-state index in [4.69, 9.17) is 9.26 Å². The molecule has 0 aliphatic carbocycles. The van der Waals surface area contributed by atoms with E-state index in [1.807, 2.05) is 6.92 Å². The van der Waals surface area contributed by atoms with Gasteiger partial charge in [0.05, 0.1) is 6.61 Å². The van der Waals surface area contributed by atoms with Crippen LogP contribution in [0.4, 0.5) is 0 Å². The van der Waals surface area contributed by atoms with Crippen molar-refractivity contribution in [2.75, 3.05) is 32.8 Å². The van der Waals surface area contributed by atoms with Gasteiger partial charge >= 0.3 is 0 Å². The summed E-state index contributed by atoms with van der Waals surface area (Å²) in [5.74, 6) is 2.13. The Labute approximate surface area is 124 Å². The standard InChI is InChI=1S/C14H23N5O2/c1-3-15-13(16-8-12-17-11(2)18-21-12)19-6-4-14(9-19)5-7-20-10-14/h3-10H2,1-2H3,(H,15,16). The fraction of sp³-hybridized carbons (Fsp3) is 0.786. The van der Waals surface area contributed by atoms with Gasteiger partial charge in [0.2, 0.25) is 5.89 Å². The summed E-state index contributed by atoms with van der Waals surface area (Å²) in [4.78, 5) is 11.1. The molecule has 0 radical (unpaired) electrons. The number of guanidine groups is 1. The smallest absolute Gasteiger partial charge is 0.248 e. The van der Waals surface area contributed by atoms with Crippen molar-refractivity contribution in [2.24, 2.45) is 10.4 Å². The first-order valence-electron chi connectivity index (χ1n) is 7.61. The third kappa shape index (κ3) is 3.18. The Morgan fingerprint density at radius 3 is 3.05 bits per heavy atom. The van der Waals surface area contributed by atoms with Crippen molar-refractivity contribution in [3.05, 3.63) is 11.7 Å². The summed E-state index contributed by atoms with van der Waals surface area (Å²) in [6, 6.07) is 0. The Balaban J connectivity index is 1.66. The van der Waals surface area contributed by atoms with Crippen LogP contribution in [0.25, 0.3) is 0 Å². The number of aryl methyl sites for hydroxylation is 1. The number of ether oxygens (including phenoxy) is 1. The van der Waals surface area contributed by atoms with E-state index < -0.39 is 0 Å². The maximum Gasteiger partial charge on any atom is 0.248 e. The van der Waals surface area contributed by atoms with Crippen molar-refractivity contribution in [3.63, 3.8) is 0 Å². The molecule has 7 nitrogen and oxygen atoms in total. The minimum Gasteiger partial charge on any atom is -0.381 e. The van der Waals surface area contributed by atoms with E-state index in [1.165, 1.54) is 6.42 Å². The number of likely N-dealkylation sites (tertiary alicyclic amines) is 1. The second-order valence-corrected chi connectivity index (χ2v) is 5.88. The molecule has 7 heteroatoms. The van der Waals surface area contributed by atoms with Gasteiger partial charge in [-0.05, 0) is 26.7 Å². The van der Waals surface area contributed by atoms with Gasteiger partial charge in [0.25, 0.3) is 0 Å². The fourth-order valence-corrected chi connectivity index (χ4v) is 3.06. The normalized spacial score (nSPS) is 26.0. The summed E-state index contributed by atoms with van der Waals surface area (Å²) in [5.41, 5.74) is 0.331. The van der Waals surface area contributed by atoms with E-state index in [-0.39, 0.29) is 0 Å². The Morgan fingerprint density at radius 1 is 1.48 bits per heavy atom. The molecule has 0 aromatic carbocycles. The third-order valence-corrected chi connectivity index (χ3v) is 4.19. The maximum absolute atomic E-state index is 5.58. The lowest BCUT2D eigenvalue weighted by atomic mass is 9.87. The SMILES string of the molecule is CCNC(=NCc1nc(C)no1)N1CCC2(CCOC2)C1. The van der Waals surface area contributed by atoms with Crippen LogP contribution in [-0.2, 0) is 11.3 Å². The molecule has 1 aromatic rings. The van der Waals surface area contributed by atoms with Crippen molar-refractivity contribution < 1.29 is 9.26 Å². The molecule has 2 aliphatic heterocycles. The first kappa shape index (κ1) is 14.3. The molecular formula is C14H23N5O2. The van der Waals surface area contributed by atoms with Gasteiger partial charge < -0.3 is 19.5 Å². The molecule has 0 saturated carbocycles. The highest BCUT2D eigenvalue weighted by Gasteiger charge is 2.42. The first-order chi connectivity index (χ1) is 10.2. The van der Waals surface area contributed by atoms with Gasteiger partial charge in [-0.1, -0.05) is 5.16 Å². The van der Waals surface area contributed by atoms with Crippen molar-refractivity contribution in [1.29, 1.82) is 0 Å². The zero-order chi connectivity index (χ0) is 14.7. The lowest BCUT2D eigenvalue weighted by Gasteiger charge is -2.24. The van der Waals surface area contributed by atoms with Crippen LogP contribution in [0.3, 0.4) is 0 Å². The lowest BCUT2D eigenvalue weighted by Crippen LogP contribution is -2.41. The predicted octanol–water partition coefficient (Wildman–Crippen LogP) is 0.956. The third-order valence-electron chi connectivity index (χ3n) is 4.19. The van der Waals surface area contributed by atoms with Crippen molar-refractivity contribution >= 4 is 5.96 Å². The Kier molecular flexibility index (Phi) is 4.10. The highest BCUT2D eigenvalue weighted by atomic mass is 16.5. The molecule has 116 valence electrons. The molecule has 3 heterocycles. The summed E-state index contributed by atoms with van der Waals surface area (Å²) in [5, 5.41) is 7.14. The van der Waals surface area contributed by atoms with Crippen LogP contribution in [0.5, 0.6) is 0 Å². The molecule has 2 fully saturated rings. The van der Waals surface area contributed by atoms with Crippen LogP contribution in [-0.4, -0.2) is 53.8 Å². The topological polar surface area (TPSA) is 75.8 Å². The Morgan fingerprint density at radius 2 is 2.38 bits per heavy atom. The van der Waals surface area contributed by atoms with E-state index in [0.29, 0.717) is 23.7 Å². The van der Waals surface area contributed by atoms with Gasteiger partial charge in [-0.2, -0.15) is 4.98 Å². The largest absolute Gasteiger partial charge is 0.381 e. The average molecular weight is 293 g/mol. The molecule has 21 heavy (non-hydrogen) atoms. The van der Waals surface area contributed by atoms with E-state index in [2.05, 4.69) is 32.3 Å². The second kappa shape index (κ2) is 6.01. The quantitative estimate of drug-likeness (QED) is 0.661. The second-order valence-electron chi connectivity index (χ2n) is 5.88. The first-order valence-corrected chi connectivity index (χ1v) is 7.61. The van der Waals surface area contributed by atoms with Gasteiger partial charge in [-0.25, -0.2) is 4.99 Å². The number of hydrogen-bond donors (Lipinski definition) is 1. The molecule has 2 aliphatic rings. The number of rotatable bonds is 3. The molecule has 1 N–H and O–H groups in total. The summed E-state index contributed by atoms with van der Waals surface area (Å²) in [6.45, 7) is 8.97. The Bertz CT molecular complexity index is 507. The Hall–Kier alpha value is -1.63. The van der Waals surface area contributed by atoms with Gasteiger partial charge in [-0.15, -0.1) is 0 Å². The zero-order valence-electron chi connectivity index (χ0n) is 12.8. The average Bonchev–Trinajstić information content (AvgIpc) is 3.19. The van der Waals surface area contributed by atoms with Gasteiger partial charge in [0, 0.05) is 31.7 Å². The van der Waals surface area contributed by atoms with Crippen LogP contribution in [0.15, 0.2) is 9.52 Å². The summed E-state index contributed by atoms with van der Waals surface area (Å²) >= 11 is 0. The van der Waals surface area contributed by atoms with Gasteiger partial charge in [0.15, 0.2) is 11.8 Å². The van der Waals surface area contributed by atoms with E-state index >= 15 is 0 Å². The van der Waals surface area contributed by atoms with Crippen LogP contribution in [0.2, 0.25) is 0 Å². The zero-order valence-corrected chi connectivity index (χ0v) is 12.8.